The molecule has 0 aliphatic carbocycles. The van der Waals surface area contributed by atoms with Crippen molar-refractivity contribution in [1.29, 1.82) is 0 Å². The molecule has 38 heavy (non-hydrogen) atoms. The molecule has 1 aliphatic heterocycles. The second-order valence-electron chi connectivity index (χ2n) is 11.6. The summed E-state index contributed by atoms with van der Waals surface area (Å²) >= 11 is 0. The maximum atomic E-state index is 13.4. The van der Waals surface area contributed by atoms with Crippen LogP contribution in [0, 0.1) is 0 Å². The second kappa shape index (κ2) is 12.0. The Balaban J connectivity index is 2.04. The molecule has 1 fully saturated rings. The van der Waals surface area contributed by atoms with Gasteiger partial charge in [0.15, 0.2) is 7.83 Å². The van der Waals surface area contributed by atoms with Crippen LogP contribution in [0.15, 0.2) is 48.5 Å². The number of hydrogen-bond acceptors (Lipinski definition) is 7. The second-order valence-corrected chi connectivity index (χ2v) is 26.7. The first-order chi connectivity index (χ1) is 17.8. The van der Waals surface area contributed by atoms with Crippen LogP contribution in [0.5, 0.6) is 0 Å². The van der Waals surface area contributed by atoms with Crippen LogP contribution in [0.1, 0.15) is 66.7 Å². The smallest absolute Gasteiger partial charge is 0.338 e. The molecule has 0 radical (unpaired) electrons. The average molecular weight is 557 g/mol. The van der Waals surface area contributed by atoms with Crippen LogP contribution in [0.25, 0.3) is 0 Å². The normalized spacial score (nSPS) is 21.7. The summed E-state index contributed by atoms with van der Waals surface area (Å²) in [7, 11) is -3.85. The highest BCUT2D eigenvalue weighted by molar-refractivity contribution is 7.38. The van der Waals surface area contributed by atoms with Crippen LogP contribution in [0.4, 0.5) is 11.4 Å². The Kier molecular flexibility index (Phi) is 9.49. The van der Waals surface area contributed by atoms with Gasteiger partial charge in [-0.25, -0.2) is 9.59 Å². The van der Waals surface area contributed by atoms with E-state index >= 15 is 0 Å². The van der Waals surface area contributed by atoms with E-state index in [9.17, 15) is 9.59 Å². The molecule has 1 aliphatic rings. The number of nitrogens with two attached hydrogens (primary N) is 2. The van der Waals surface area contributed by atoms with Crippen molar-refractivity contribution in [2.75, 3.05) is 11.5 Å². The summed E-state index contributed by atoms with van der Waals surface area (Å²) in [6, 6.07) is 14.5. The summed E-state index contributed by atoms with van der Waals surface area (Å²) in [5.41, 5.74) is 12.8. The molecule has 2 aromatic carbocycles. The zero-order valence-corrected chi connectivity index (χ0v) is 25.7. The van der Waals surface area contributed by atoms with Gasteiger partial charge in [0.25, 0.3) is 0 Å². The molecule has 208 valence electrons. The maximum Gasteiger partial charge on any atom is 0.338 e. The van der Waals surface area contributed by atoms with Crippen molar-refractivity contribution >= 4 is 38.7 Å². The molecule has 1 heterocycles. The Hall–Kier alpha value is -2.63. The number of nitrogen functional groups attached to an aromatic ring is 2. The molecule has 1 saturated heterocycles. The van der Waals surface area contributed by atoms with Crippen molar-refractivity contribution in [2.45, 2.75) is 96.0 Å². The molecule has 2 aromatic rings. The first-order valence-electron chi connectivity index (χ1n) is 13.7. The predicted molar refractivity (Wildman–Crippen MR) is 158 cm³/mol. The zero-order chi connectivity index (χ0) is 28.1. The standard InChI is InChI=1S/C29H44N2O5Si2/c1-7-9-25(34-27(32)21-11-15-23(30)16-12-21)29(19-20-37(3,4)38(5,6)36-29)26(10-8-2)35-28(33)22-13-17-24(31)18-14-22/h11-18,25-26H,7-10,19-20,30-31H2,1-6H3. The molecule has 4 N–H and O–H groups in total. The summed E-state index contributed by atoms with van der Waals surface area (Å²) in [6.45, 7) is 13.4. The molecule has 0 spiro atoms. The van der Waals surface area contributed by atoms with E-state index in [1.54, 1.807) is 48.5 Å². The topological polar surface area (TPSA) is 114 Å². The summed E-state index contributed by atoms with van der Waals surface area (Å²) in [6.07, 6.45) is 2.34. The molecule has 7 nitrogen and oxygen atoms in total. The van der Waals surface area contributed by atoms with Crippen molar-refractivity contribution in [3.63, 3.8) is 0 Å². The number of rotatable bonds is 10. The highest BCUT2D eigenvalue weighted by Crippen LogP contribution is 2.46. The molecular weight excluding hydrogens is 513 g/mol. The van der Waals surface area contributed by atoms with Gasteiger partial charge in [-0.1, -0.05) is 45.8 Å². The lowest BCUT2D eigenvalue weighted by Crippen LogP contribution is -2.71. The molecule has 3 rings (SSSR count). The Morgan fingerprint density at radius 2 is 1.21 bits per heavy atom. The van der Waals surface area contributed by atoms with Gasteiger partial charge in [0.05, 0.1) is 18.7 Å². The van der Waals surface area contributed by atoms with E-state index in [0.717, 1.165) is 18.9 Å². The summed E-state index contributed by atoms with van der Waals surface area (Å²) in [5, 5.41) is 0. The van der Waals surface area contributed by atoms with Crippen LogP contribution in [0.2, 0.25) is 32.2 Å². The van der Waals surface area contributed by atoms with Crippen LogP contribution < -0.4 is 11.5 Å². The van der Waals surface area contributed by atoms with Crippen molar-refractivity contribution in [2.24, 2.45) is 0 Å². The summed E-state index contributed by atoms with van der Waals surface area (Å²) < 4.78 is 19.8. The molecule has 2 unspecified atom stereocenters. The summed E-state index contributed by atoms with van der Waals surface area (Å²) in [4.78, 5) is 26.7. The third-order valence-corrected chi connectivity index (χ3v) is 24.7. The minimum absolute atomic E-state index is 0.423. The van der Waals surface area contributed by atoms with E-state index in [-0.39, 0.29) is 0 Å². The van der Waals surface area contributed by atoms with Gasteiger partial charge >= 0.3 is 11.9 Å². The fraction of sp³-hybridized carbons (Fsp3) is 0.517. The third-order valence-electron chi connectivity index (χ3n) is 8.20. The van der Waals surface area contributed by atoms with Crippen LogP contribution in [-0.4, -0.2) is 45.2 Å². The van der Waals surface area contributed by atoms with E-state index in [2.05, 4.69) is 40.0 Å². The maximum absolute atomic E-state index is 13.4. The fourth-order valence-electron chi connectivity index (χ4n) is 5.10. The number of hydrogen-bond donors (Lipinski definition) is 2. The quantitative estimate of drug-likeness (QED) is 0.199. The number of benzene rings is 2. The number of carbonyl (C=O) groups is 2. The lowest BCUT2D eigenvalue weighted by molar-refractivity contribution is -0.147. The van der Waals surface area contributed by atoms with Gasteiger partial charge in [-0.05, 0) is 80.9 Å². The van der Waals surface area contributed by atoms with E-state index in [1.807, 2.05) is 0 Å². The average Bonchev–Trinajstić information content (AvgIpc) is 2.86. The largest absolute Gasteiger partial charge is 0.456 e. The number of ether oxygens (including phenoxy) is 2. The Bertz CT molecular complexity index is 1030. The van der Waals surface area contributed by atoms with Crippen molar-refractivity contribution in [3.8, 4) is 0 Å². The van der Waals surface area contributed by atoms with Crippen LogP contribution >= 0.6 is 0 Å². The van der Waals surface area contributed by atoms with Gasteiger partial charge in [0.1, 0.15) is 17.8 Å². The Morgan fingerprint density at radius 1 is 0.816 bits per heavy atom. The first-order valence-corrected chi connectivity index (χ1v) is 20.8. The van der Waals surface area contributed by atoms with E-state index in [0.29, 0.717) is 41.8 Å². The minimum atomic E-state index is -2.19. The fourth-order valence-corrected chi connectivity index (χ4v) is 11.9. The minimum Gasteiger partial charge on any atom is -0.456 e. The number of esters is 2. The zero-order valence-electron chi connectivity index (χ0n) is 23.7. The van der Waals surface area contributed by atoms with Gasteiger partial charge in [-0.15, -0.1) is 0 Å². The van der Waals surface area contributed by atoms with Gasteiger partial charge in [0, 0.05) is 11.4 Å². The number of anilines is 2. The first kappa shape index (κ1) is 29.9. The van der Waals surface area contributed by atoms with Gasteiger partial charge < -0.3 is 25.4 Å². The van der Waals surface area contributed by atoms with Crippen molar-refractivity contribution in [3.05, 3.63) is 59.7 Å². The van der Waals surface area contributed by atoms with E-state index < -0.39 is 45.2 Å². The highest BCUT2D eigenvalue weighted by atomic mass is 29.3. The molecule has 0 amide bonds. The molecule has 9 heteroatoms. The molecule has 0 saturated carbocycles. The van der Waals surface area contributed by atoms with Crippen molar-refractivity contribution < 1.29 is 23.5 Å². The summed E-state index contributed by atoms with van der Waals surface area (Å²) in [5.74, 6) is -0.846. The third kappa shape index (κ3) is 6.50. The molecular formula is C29H44N2O5Si2. The number of carbonyl (C=O) groups excluding carboxylic acids is 2. The van der Waals surface area contributed by atoms with Gasteiger partial charge in [-0.3, -0.25) is 0 Å². The Morgan fingerprint density at radius 3 is 1.55 bits per heavy atom. The predicted octanol–water partition coefficient (Wildman–Crippen LogP) is 6.35. The highest BCUT2D eigenvalue weighted by Gasteiger charge is 2.60. The van der Waals surface area contributed by atoms with Gasteiger partial charge in [-0.2, -0.15) is 0 Å². The van der Waals surface area contributed by atoms with E-state index in [4.69, 9.17) is 25.4 Å². The molecule has 0 aromatic heterocycles. The van der Waals surface area contributed by atoms with Crippen LogP contribution in [0.3, 0.4) is 0 Å². The SMILES string of the molecule is CCCC(OC(=O)c1ccc(N)cc1)C1(C(CCC)OC(=O)c2ccc(N)cc2)CC[Si](C)(C)[Si](C)(C)O1. The van der Waals surface area contributed by atoms with E-state index in [1.165, 1.54) is 0 Å². The lowest BCUT2D eigenvalue weighted by atomic mass is 9.82. The molecule has 0 bridgehead atoms. The lowest BCUT2D eigenvalue weighted by Gasteiger charge is -2.56. The van der Waals surface area contributed by atoms with Crippen LogP contribution in [-0.2, 0) is 13.9 Å². The van der Waals surface area contributed by atoms with Gasteiger partial charge in [0.2, 0.25) is 0 Å². The monoisotopic (exact) mass is 556 g/mol. The Labute approximate surface area is 229 Å². The molecule has 2 atom stereocenters. The van der Waals surface area contributed by atoms with Crippen molar-refractivity contribution in [1.82, 2.24) is 0 Å².